The number of thiophene rings is 1. The fourth-order valence-electron chi connectivity index (χ4n) is 1.37. The Morgan fingerprint density at radius 1 is 1.36 bits per heavy atom. The summed E-state index contributed by atoms with van der Waals surface area (Å²) in [6.07, 6.45) is 0. The van der Waals surface area contributed by atoms with Crippen LogP contribution in [0.4, 0.5) is 0 Å². The van der Waals surface area contributed by atoms with Gasteiger partial charge in [0.1, 0.15) is 6.04 Å². The van der Waals surface area contributed by atoms with E-state index >= 15 is 0 Å². The molecule has 2 amide bonds. The van der Waals surface area contributed by atoms with Crippen molar-refractivity contribution in [1.82, 2.24) is 10.6 Å². The molecule has 2 N–H and O–H groups in total. The van der Waals surface area contributed by atoms with Crippen LogP contribution in [0, 0.1) is 0 Å². The monoisotopic (exact) mass is 210 g/mol. The van der Waals surface area contributed by atoms with E-state index in [0.29, 0.717) is 0 Å². The van der Waals surface area contributed by atoms with Gasteiger partial charge in [0, 0.05) is 4.88 Å². The van der Waals surface area contributed by atoms with E-state index in [1.165, 1.54) is 11.3 Å². The first kappa shape index (κ1) is 9.36. The van der Waals surface area contributed by atoms with Crippen LogP contribution >= 0.6 is 11.3 Å². The second-order valence-corrected chi connectivity index (χ2v) is 4.17. The van der Waals surface area contributed by atoms with Crippen LogP contribution < -0.4 is 10.6 Å². The Morgan fingerprint density at radius 3 is 2.79 bits per heavy atom. The molecule has 0 radical (unpaired) electrons. The van der Waals surface area contributed by atoms with Crippen LogP contribution in [0.25, 0.3) is 0 Å². The molecule has 0 aliphatic carbocycles. The Labute approximate surface area is 85.3 Å². The zero-order valence-electron chi connectivity index (χ0n) is 7.61. The Kier molecular flexibility index (Phi) is 2.35. The highest BCUT2D eigenvalue weighted by Crippen LogP contribution is 2.21. The van der Waals surface area contributed by atoms with Crippen LogP contribution in [-0.2, 0) is 9.59 Å². The molecule has 1 saturated heterocycles. The van der Waals surface area contributed by atoms with Gasteiger partial charge in [0.2, 0.25) is 11.8 Å². The molecule has 0 saturated carbocycles. The molecule has 5 heteroatoms. The van der Waals surface area contributed by atoms with E-state index in [1.54, 1.807) is 6.92 Å². The van der Waals surface area contributed by atoms with Gasteiger partial charge in [0.05, 0.1) is 6.04 Å². The number of carbonyl (C=O) groups is 2. The molecule has 1 aliphatic heterocycles. The lowest BCUT2D eigenvalue weighted by Crippen LogP contribution is -2.56. The highest BCUT2D eigenvalue weighted by Gasteiger charge is 2.32. The molecule has 14 heavy (non-hydrogen) atoms. The predicted octanol–water partition coefficient (Wildman–Crippen LogP) is 0.424. The standard InChI is InChI=1S/C9H10N2O2S/c1-5-8(12)11-9(13)7(10-5)6-3-2-4-14-6/h2-5,7,10H,1H3,(H,11,12,13). The van der Waals surface area contributed by atoms with Crippen molar-refractivity contribution in [2.24, 2.45) is 0 Å². The normalized spacial score (nSPS) is 27.5. The summed E-state index contributed by atoms with van der Waals surface area (Å²) in [7, 11) is 0. The van der Waals surface area contributed by atoms with Crippen molar-refractivity contribution >= 4 is 23.2 Å². The summed E-state index contributed by atoms with van der Waals surface area (Å²) in [5.41, 5.74) is 0. The van der Waals surface area contributed by atoms with Gasteiger partial charge in [-0.25, -0.2) is 0 Å². The fourth-order valence-corrected chi connectivity index (χ4v) is 2.15. The fraction of sp³-hybridized carbons (Fsp3) is 0.333. The van der Waals surface area contributed by atoms with Crippen molar-refractivity contribution in [3.05, 3.63) is 22.4 Å². The predicted molar refractivity (Wildman–Crippen MR) is 52.8 cm³/mol. The minimum atomic E-state index is -0.386. The molecular formula is C9H10N2O2S. The highest BCUT2D eigenvalue weighted by molar-refractivity contribution is 7.10. The largest absolute Gasteiger partial charge is 0.293 e. The summed E-state index contributed by atoms with van der Waals surface area (Å²) in [5.74, 6) is -0.529. The second kappa shape index (κ2) is 3.51. The molecule has 0 aromatic carbocycles. The smallest absolute Gasteiger partial charge is 0.249 e. The van der Waals surface area contributed by atoms with Crippen molar-refractivity contribution in [3.63, 3.8) is 0 Å². The number of nitrogens with one attached hydrogen (secondary N) is 2. The van der Waals surface area contributed by atoms with Crippen LogP contribution in [-0.4, -0.2) is 17.9 Å². The molecule has 1 aromatic heterocycles. The Hall–Kier alpha value is -1.20. The summed E-state index contributed by atoms with van der Waals surface area (Å²) >= 11 is 1.50. The van der Waals surface area contributed by atoms with E-state index in [9.17, 15) is 9.59 Å². The number of amides is 2. The van der Waals surface area contributed by atoms with Gasteiger partial charge in [-0.2, -0.15) is 0 Å². The zero-order chi connectivity index (χ0) is 10.1. The molecule has 74 valence electrons. The molecule has 1 fully saturated rings. The SMILES string of the molecule is CC1NC(c2cccs2)C(=O)NC1=O. The van der Waals surface area contributed by atoms with Gasteiger partial charge >= 0.3 is 0 Å². The lowest BCUT2D eigenvalue weighted by atomic mass is 10.1. The number of piperazine rings is 1. The first-order valence-electron chi connectivity index (χ1n) is 4.32. The van der Waals surface area contributed by atoms with E-state index in [-0.39, 0.29) is 23.9 Å². The maximum Gasteiger partial charge on any atom is 0.249 e. The average molecular weight is 210 g/mol. The lowest BCUT2D eigenvalue weighted by molar-refractivity contribution is -0.136. The van der Waals surface area contributed by atoms with Crippen molar-refractivity contribution < 1.29 is 9.59 Å². The van der Waals surface area contributed by atoms with Crippen LogP contribution in [0.3, 0.4) is 0 Å². The van der Waals surface area contributed by atoms with E-state index in [4.69, 9.17) is 0 Å². The van der Waals surface area contributed by atoms with E-state index in [1.807, 2.05) is 17.5 Å². The maximum absolute atomic E-state index is 11.5. The van der Waals surface area contributed by atoms with E-state index in [2.05, 4.69) is 10.6 Å². The van der Waals surface area contributed by atoms with Crippen LogP contribution in [0.1, 0.15) is 17.8 Å². The quantitative estimate of drug-likeness (QED) is 0.661. The van der Waals surface area contributed by atoms with Crippen LogP contribution in [0.5, 0.6) is 0 Å². The molecule has 2 unspecified atom stereocenters. The molecular weight excluding hydrogens is 200 g/mol. The van der Waals surface area contributed by atoms with Crippen molar-refractivity contribution in [2.75, 3.05) is 0 Å². The van der Waals surface area contributed by atoms with Gasteiger partial charge in [-0.3, -0.25) is 20.2 Å². The third kappa shape index (κ3) is 1.56. The van der Waals surface area contributed by atoms with Gasteiger partial charge in [0.25, 0.3) is 0 Å². The Bertz CT molecular complexity index is 361. The van der Waals surface area contributed by atoms with Crippen molar-refractivity contribution in [3.8, 4) is 0 Å². The first-order valence-corrected chi connectivity index (χ1v) is 5.20. The van der Waals surface area contributed by atoms with Crippen molar-refractivity contribution in [2.45, 2.75) is 19.0 Å². The molecule has 0 spiro atoms. The number of rotatable bonds is 1. The second-order valence-electron chi connectivity index (χ2n) is 3.19. The summed E-state index contributed by atoms with van der Waals surface area (Å²) in [6.45, 7) is 1.74. The van der Waals surface area contributed by atoms with Gasteiger partial charge < -0.3 is 0 Å². The van der Waals surface area contributed by atoms with Gasteiger partial charge in [-0.1, -0.05) is 6.07 Å². The van der Waals surface area contributed by atoms with Gasteiger partial charge in [0.15, 0.2) is 0 Å². The Balaban J connectivity index is 2.21. The van der Waals surface area contributed by atoms with Crippen LogP contribution in [0.15, 0.2) is 17.5 Å². The minimum absolute atomic E-state index is 0.261. The molecule has 4 nitrogen and oxygen atoms in total. The number of hydrogen-bond acceptors (Lipinski definition) is 4. The highest BCUT2D eigenvalue weighted by atomic mass is 32.1. The van der Waals surface area contributed by atoms with E-state index < -0.39 is 0 Å². The third-order valence-corrected chi connectivity index (χ3v) is 3.08. The zero-order valence-corrected chi connectivity index (χ0v) is 8.43. The topological polar surface area (TPSA) is 58.2 Å². The molecule has 2 heterocycles. The number of carbonyl (C=O) groups excluding carboxylic acids is 2. The van der Waals surface area contributed by atoms with Gasteiger partial charge in [-0.15, -0.1) is 11.3 Å². The molecule has 2 atom stereocenters. The summed E-state index contributed by atoms with van der Waals surface area (Å²) < 4.78 is 0. The summed E-state index contributed by atoms with van der Waals surface area (Å²) in [6, 6.07) is 3.06. The average Bonchev–Trinajstić information content (AvgIpc) is 2.64. The maximum atomic E-state index is 11.5. The van der Waals surface area contributed by atoms with Crippen LogP contribution in [0.2, 0.25) is 0 Å². The van der Waals surface area contributed by atoms with Gasteiger partial charge in [-0.05, 0) is 18.4 Å². The third-order valence-electron chi connectivity index (χ3n) is 2.15. The number of imide groups is 1. The first-order chi connectivity index (χ1) is 6.68. The summed E-state index contributed by atoms with van der Waals surface area (Å²) in [4.78, 5) is 23.5. The lowest BCUT2D eigenvalue weighted by Gasteiger charge is -2.26. The molecule has 1 aromatic rings. The molecule has 2 rings (SSSR count). The summed E-state index contributed by atoms with van der Waals surface area (Å²) in [5, 5.41) is 7.21. The minimum Gasteiger partial charge on any atom is -0.293 e. The van der Waals surface area contributed by atoms with Crippen molar-refractivity contribution in [1.29, 1.82) is 0 Å². The molecule has 1 aliphatic rings. The Morgan fingerprint density at radius 2 is 2.14 bits per heavy atom. The number of hydrogen-bond donors (Lipinski definition) is 2. The van der Waals surface area contributed by atoms with E-state index in [0.717, 1.165) is 4.88 Å². The molecule has 0 bridgehead atoms.